The van der Waals surface area contributed by atoms with E-state index in [0.717, 1.165) is 42.6 Å². The van der Waals surface area contributed by atoms with Gasteiger partial charge in [0, 0.05) is 50.3 Å². The van der Waals surface area contributed by atoms with E-state index >= 15 is 0 Å². The van der Waals surface area contributed by atoms with Gasteiger partial charge in [-0.05, 0) is 6.07 Å². The van der Waals surface area contributed by atoms with E-state index in [4.69, 9.17) is 0 Å². The number of fused-ring (bicyclic) bond motifs is 1. The highest BCUT2D eigenvalue weighted by Gasteiger charge is 2.21. The average Bonchev–Trinajstić information content (AvgIpc) is 2.77. The summed E-state index contributed by atoms with van der Waals surface area (Å²) in [5.41, 5.74) is 1.92. The normalized spacial score (nSPS) is 15.3. The topological polar surface area (TPSA) is 37.3 Å². The van der Waals surface area contributed by atoms with Crippen LogP contribution in [-0.2, 0) is 7.05 Å². The van der Waals surface area contributed by atoms with Crippen LogP contribution in [0.3, 0.4) is 0 Å². The van der Waals surface area contributed by atoms with Crippen LogP contribution in [0, 0.1) is 0 Å². The van der Waals surface area contributed by atoms with Crippen molar-refractivity contribution < 1.29 is 4.79 Å². The highest BCUT2D eigenvalue weighted by Crippen LogP contribution is 2.21. The molecule has 1 fully saturated rings. The Labute approximate surface area is 118 Å². The number of hydrogen-bond acceptors (Lipinski definition) is 2. The molecule has 0 atom stereocenters. The van der Waals surface area contributed by atoms with Gasteiger partial charge in [0.05, 0.1) is 5.56 Å². The van der Waals surface area contributed by atoms with Gasteiger partial charge >= 0.3 is 0 Å². The first-order valence-electron chi connectivity index (χ1n) is 6.31. The molecule has 0 bridgehead atoms. The van der Waals surface area contributed by atoms with Crippen LogP contribution in [0.2, 0.25) is 0 Å². The molecule has 1 amide bonds. The molecular weight excluding hydrogens is 262 g/mol. The van der Waals surface area contributed by atoms with E-state index < -0.39 is 0 Å². The molecule has 0 aliphatic carbocycles. The monoisotopic (exact) mass is 279 g/mol. The smallest absolute Gasteiger partial charge is 0.256 e. The van der Waals surface area contributed by atoms with E-state index in [9.17, 15) is 4.79 Å². The van der Waals surface area contributed by atoms with E-state index in [-0.39, 0.29) is 18.3 Å². The molecule has 4 nitrogen and oxygen atoms in total. The van der Waals surface area contributed by atoms with E-state index in [2.05, 4.69) is 5.32 Å². The summed E-state index contributed by atoms with van der Waals surface area (Å²) in [5, 5.41) is 4.31. The fourth-order valence-electron chi connectivity index (χ4n) is 2.55. The van der Waals surface area contributed by atoms with Crippen molar-refractivity contribution in [3.05, 3.63) is 36.0 Å². The number of para-hydroxylation sites is 1. The van der Waals surface area contributed by atoms with Crippen LogP contribution in [0.5, 0.6) is 0 Å². The number of aromatic nitrogens is 1. The molecule has 2 aromatic rings. The van der Waals surface area contributed by atoms with Gasteiger partial charge in [0.15, 0.2) is 0 Å². The Morgan fingerprint density at radius 1 is 1.21 bits per heavy atom. The van der Waals surface area contributed by atoms with E-state index in [1.807, 2.05) is 47.0 Å². The van der Waals surface area contributed by atoms with Crippen LogP contribution in [-0.4, -0.2) is 41.6 Å². The average molecular weight is 280 g/mol. The van der Waals surface area contributed by atoms with Crippen LogP contribution < -0.4 is 5.32 Å². The summed E-state index contributed by atoms with van der Waals surface area (Å²) in [6.07, 6.45) is 1.94. The third-order valence-electron chi connectivity index (χ3n) is 3.53. The predicted octanol–water partition coefficient (Wildman–Crippen LogP) is 1.65. The van der Waals surface area contributed by atoms with Crippen molar-refractivity contribution in [2.45, 2.75) is 0 Å². The quantitative estimate of drug-likeness (QED) is 0.862. The fourth-order valence-corrected chi connectivity index (χ4v) is 2.55. The molecule has 1 aromatic carbocycles. The molecule has 2 heterocycles. The zero-order valence-corrected chi connectivity index (χ0v) is 11.7. The SMILES string of the molecule is Cl.Cn1cc(C(=O)N2CCNCC2)c2ccccc21. The summed E-state index contributed by atoms with van der Waals surface area (Å²) in [6.45, 7) is 3.36. The van der Waals surface area contributed by atoms with Crippen LogP contribution in [0.4, 0.5) is 0 Å². The molecule has 1 N–H and O–H groups in total. The van der Waals surface area contributed by atoms with Crippen molar-refractivity contribution in [2.24, 2.45) is 7.05 Å². The zero-order chi connectivity index (χ0) is 12.5. The Hall–Kier alpha value is -1.52. The third-order valence-corrected chi connectivity index (χ3v) is 3.53. The minimum Gasteiger partial charge on any atom is -0.350 e. The van der Waals surface area contributed by atoms with Crippen molar-refractivity contribution in [3.8, 4) is 0 Å². The van der Waals surface area contributed by atoms with E-state index in [1.165, 1.54) is 0 Å². The van der Waals surface area contributed by atoms with E-state index in [1.54, 1.807) is 0 Å². The minimum absolute atomic E-state index is 0. The van der Waals surface area contributed by atoms with Crippen molar-refractivity contribution in [1.82, 2.24) is 14.8 Å². The molecule has 0 saturated carbocycles. The summed E-state index contributed by atoms with van der Waals surface area (Å²) in [7, 11) is 1.98. The number of rotatable bonds is 1. The number of hydrogen-bond donors (Lipinski definition) is 1. The molecule has 5 heteroatoms. The fraction of sp³-hybridized carbons (Fsp3) is 0.357. The molecule has 19 heavy (non-hydrogen) atoms. The number of aryl methyl sites for hydroxylation is 1. The highest BCUT2D eigenvalue weighted by molar-refractivity contribution is 6.07. The second-order valence-corrected chi connectivity index (χ2v) is 4.71. The Bertz CT molecular complexity index is 587. The first-order chi connectivity index (χ1) is 8.77. The zero-order valence-electron chi connectivity index (χ0n) is 10.9. The van der Waals surface area contributed by atoms with Gasteiger partial charge in [-0.25, -0.2) is 0 Å². The highest BCUT2D eigenvalue weighted by atomic mass is 35.5. The summed E-state index contributed by atoms with van der Waals surface area (Å²) in [4.78, 5) is 14.4. The first-order valence-corrected chi connectivity index (χ1v) is 6.31. The first kappa shape index (κ1) is 13.9. The number of carbonyl (C=O) groups excluding carboxylic acids is 1. The molecule has 3 rings (SSSR count). The Kier molecular flexibility index (Phi) is 4.12. The molecule has 0 radical (unpaired) electrons. The maximum absolute atomic E-state index is 12.5. The largest absolute Gasteiger partial charge is 0.350 e. The van der Waals surface area contributed by atoms with Gasteiger partial charge in [0.25, 0.3) is 5.91 Å². The number of nitrogens with one attached hydrogen (secondary N) is 1. The second kappa shape index (κ2) is 5.63. The Morgan fingerprint density at radius 2 is 1.89 bits per heavy atom. The van der Waals surface area contributed by atoms with Crippen molar-refractivity contribution in [1.29, 1.82) is 0 Å². The predicted molar refractivity (Wildman–Crippen MR) is 78.9 cm³/mol. The number of nitrogens with zero attached hydrogens (tertiary/aromatic N) is 2. The number of piperazine rings is 1. The summed E-state index contributed by atoms with van der Waals surface area (Å²) < 4.78 is 2.02. The van der Waals surface area contributed by atoms with Gasteiger partial charge < -0.3 is 14.8 Å². The standard InChI is InChI=1S/C14H17N3O.ClH/c1-16-10-12(11-4-2-3-5-13(11)16)14(18)17-8-6-15-7-9-17;/h2-5,10,15H,6-9H2,1H3;1H. The van der Waals surface area contributed by atoms with Crippen LogP contribution >= 0.6 is 12.4 Å². The second-order valence-electron chi connectivity index (χ2n) is 4.71. The van der Waals surface area contributed by atoms with Gasteiger partial charge in [-0.1, -0.05) is 18.2 Å². The lowest BCUT2D eigenvalue weighted by Gasteiger charge is -2.27. The molecule has 1 aliphatic heterocycles. The lowest BCUT2D eigenvalue weighted by Crippen LogP contribution is -2.46. The number of amides is 1. The molecule has 1 aromatic heterocycles. The molecule has 0 spiro atoms. The van der Waals surface area contributed by atoms with Crippen molar-refractivity contribution >= 4 is 29.2 Å². The van der Waals surface area contributed by atoms with E-state index in [0.29, 0.717) is 0 Å². The lowest BCUT2D eigenvalue weighted by atomic mass is 10.1. The number of carbonyl (C=O) groups is 1. The van der Waals surface area contributed by atoms with Crippen LogP contribution in [0.15, 0.2) is 30.5 Å². The minimum atomic E-state index is 0. The van der Waals surface area contributed by atoms with Gasteiger partial charge in [-0.15, -0.1) is 12.4 Å². The molecule has 1 aliphatic rings. The maximum atomic E-state index is 12.5. The van der Waals surface area contributed by atoms with Gasteiger partial charge in [0.2, 0.25) is 0 Å². The summed E-state index contributed by atoms with van der Waals surface area (Å²) in [6, 6.07) is 8.05. The van der Waals surface area contributed by atoms with Gasteiger partial charge in [0.1, 0.15) is 0 Å². The Morgan fingerprint density at radius 3 is 2.63 bits per heavy atom. The molecule has 102 valence electrons. The van der Waals surface area contributed by atoms with Crippen molar-refractivity contribution in [3.63, 3.8) is 0 Å². The van der Waals surface area contributed by atoms with Crippen molar-refractivity contribution in [2.75, 3.05) is 26.2 Å². The lowest BCUT2D eigenvalue weighted by molar-refractivity contribution is 0.0737. The Balaban J connectivity index is 0.00000133. The summed E-state index contributed by atoms with van der Waals surface area (Å²) in [5.74, 6) is 0.147. The third kappa shape index (κ3) is 2.46. The number of benzene rings is 1. The maximum Gasteiger partial charge on any atom is 0.256 e. The van der Waals surface area contributed by atoms with Gasteiger partial charge in [-0.2, -0.15) is 0 Å². The molecule has 1 saturated heterocycles. The van der Waals surface area contributed by atoms with Gasteiger partial charge in [-0.3, -0.25) is 4.79 Å². The van der Waals surface area contributed by atoms with Crippen LogP contribution in [0.1, 0.15) is 10.4 Å². The molecule has 0 unspecified atom stereocenters. The number of halogens is 1. The molecular formula is C14H18ClN3O. The summed E-state index contributed by atoms with van der Waals surface area (Å²) >= 11 is 0. The van der Waals surface area contributed by atoms with Crippen LogP contribution in [0.25, 0.3) is 10.9 Å².